The summed E-state index contributed by atoms with van der Waals surface area (Å²) in [6.07, 6.45) is -0.150. The summed E-state index contributed by atoms with van der Waals surface area (Å²) >= 11 is 6.22. The Labute approximate surface area is 140 Å². The molecule has 0 N–H and O–H groups in total. The molecule has 3 heteroatoms. The molecule has 0 amide bonds. The SMILES string of the molecule is COc1ccc(C2Oc3ccccc3-c3cc(Cl)ccc32)cc1. The summed E-state index contributed by atoms with van der Waals surface area (Å²) < 4.78 is 11.5. The molecule has 1 atom stereocenters. The second kappa shape index (κ2) is 5.64. The van der Waals surface area contributed by atoms with Crippen molar-refractivity contribution in [1.29, 1.82) is 0 Å². The van der Waals surface area contributed by atoms with Gasteiger partial charge in [-0.15, -0.1) is 0 Å². The maximum atomic E-state index is 6.27. The average Bonchev–Trinajstić information content (AvgIpc) is 2.61. The van der Waals surface area contributed by atoms with Crippen LogP contribution in [0, 0.1) is 0 Å². The number of hydrogen-bond acceptors (Lipinski definition) is 2. The molecule has 0 aromatic heterocycles. The van der Waals surface area contributed by atoms with Crippen molar-refractivity contribution in [2.75, 3.05) is 7.11 Å². The van der Waals surface area contributed by atoms with E-state index in [0.29, 0.717) is 0 Å². The van der Waals surface area contributed by atoms with Crippen molar-refractivity contribution >= 4 is 11.6 Å². The van der Waals surface area contributed by atoms with E-state index < -0.39 is 0 Å². The van der Waals surface area contributed by atoms with Crippen molar-refractivity contribution in [3.05, 3.63) is 82.9 Å². The first-order valence-electron chi connectivity index (χ1n) is 7.46. The minimum atomic E-state index is -0.150. The first-order valence-corrected chi connectivity index (χ1v) is 7.83. The molecule has 1 aliphatic heterocycles. The third-order valence-corrected chi connectivity index (χ3v) is 4.37. The lowest BCUT2D eigenvalue weighted by Crippen LogP contribution is -2.15. The van der Waals surface area contributed by atoms with Gasteiger partial charge in [0.25, 0.3) is 0 Å². The molecule has 0 bridgehead atoms. The largest absolute Gasteiger partial charge is 0.497 e. The van der Waals surface area contributed by atoms with Gasteiger partial charge in [0, 0.05) is 16.1 Å². The van der Waals surface area contributed by atoms with Crippen molar-refractivity contribution in [2.45, 2.75) is 6.10 Å². The molecule has 0 saturated carbocycles. The summed E-state index contributed by atoms with van der Waals surface area (Å²) in [7, 11) is 1.67. The molecule has 1 heterocycles. The lowest BCUT2D eigenvalue weighted by Gasteiger charge is -2.29. The van der Waals surface area contributed by atoms with Crippen LogP contribution in [-0.2, 0) is 0 Å². The summed E-state index contributed by atoms with van der Waals surface area (Å²) in [4.78, 5) is 0. The maximum Gasteiger partial charge on any atom is 0.149 e. The maximum absolute atomic E-state index is 6.27. The molecule has 3 aromatic rings. The number of methoxy groups -OCH3 is 1. The highest BCUT2D eigenvalue weighted by Crippen LogP contribution is 2.45. The second-order valence-corrected chi connectivity index (χ2v) is 5.94. The molecule has 3 aromatic carbocycles. The van der Waals surface area contributed by atoms with E-state index in [1.54, 1.807) is 7.11 Å². The van der Waals surface area contributed by atoms with E-state index in [4.69, 9.17) is 21.1 Å². The van der Waals surface area contributed by atoms with Gasteiger partial charge in [0.05, 0.1) is 7.11 Å². The lowest BCUT2D eigenvalue weighted by molar-refractivity contribution is 0.243. The van der Waals surface area contributed by atoms with E-state index in [-0.39, 0.29) is 6.10 Å². The number of halogens is 1. The van der Waals surface area contributed by atoms with Crippen LogP contribution in [0.5, 0.6) is 11.5 Å². The summed E-state index contributed by atoms with van der Waals surface area (Å²) in [6, 6.07) is 22.0. The predicted octanol–water partition coefficient (Wildman–Crippen LogP) is 5.50. The molecular formula is C20H15ClO2. The molecule has 0 aliphatic carbocycles. The van der Waals surface area contributed by atoms with Gasteiger partial charge >= 0.3 is 0 Å². The van der Waals surface area contributed by atoms with Gasteiger partial charge in [-0.1, -0.05) is 48.0 Å². The number of ether oxygens (including phenoxy) is 2. The Morgan fingerprint density at radius 1 is 0.913 bits per heavy atom. The Hall–Kier alpha value is -2.45. The fourth-order valence-electron chi connectivity index (χ4n) is 3.00. The molecule has 4 rings (SSSR count). The summed E-state index contributed by atoms with van der Waals surface area (Å²) in [5.74, 6) is 1.71. The fourth-order valence-corrected chi connectivity index (χ4v) is 3.17. The van der Waals surface area contributed by atoms with Crippen molar-refractivity contribution in [1.82, 2.24) is 0 Å². The Bertz CT molecular complexity index is 856. The van der Waals surface area contributed by atoms with Crippen LogP contribution in [0.2, 0.25) is 5.02 Å². The highest BCUT2D eigenvalue weighted by atomic mass is 35.5. The van der Waals surface area contributed by atoms with Crippen LogP contribution < -0.4 is 9.47 Å². The van der Waals surface area contributed by atoms with Gasteiger partial charge in [0.15, 0.2) is 0 Å². The van der Waals surface area contributed by atoms with Gasteiger partial charge in [-0.2, -0.15) is 0 Å². The molecular weight excluding hydrogens is 308 g/mol. The van der Waals surface area contributed by atoms with Gasteiger partial charge in [-0.25, -0.2) is 0 Å². The van der Waals surface area contributed by atoms with Crippen molar-refractivity contribution < 1.29 is 9.47 Å². The van der Waals surface area contributed by atoms with Crippen LogP contribution in [0.25, 0.3) is 11.1 Å². The number of benzene rings is 3. The van der Waals surface area contributed by atoms with E-state index in [1.807, 2.05) is 60.7 Å². The van der Waals surface area contributed by atoms with Gasteiger partial charge < -0.3 is 9.47 Å². The zero-order valence-electron chi connectivity index (χ0n) is 12.6. The molecule has 0 saturated heterocycles. The molecule has 23 heavy (non-hydrogen) atoms. The van der Waals surface area contributed by atoms with Crippen LogP contribution in [-0.4, -0.2) is 7.11 Å². The van der Waals surface area contributed by atoms with Crippen LogP contribution in [0.1, 0.15) is 17.2 Å². The van der Waals surface area contributed by atoms with Gasteiger partial charge in [-0.3, -0.25) is 0 Å². The standard InChI is InChI=1S/C20H15ClO2/c1-22-15-9-6-13(7-10-15)20-17-11-8-14(21)12-18(17)16-4-2-3-5-19(16)23-20/h2-12,20H,1H3. The third-order valence-electron chi connectivity index (χ3n) is 4.14. The number of rotatable bonds is 2. The van der Waals surface area contributed by atoms with Gasteiger partial charge in [0.2, 0.25) is 0 Å². The number of hydrogen-bond donors (Lipinski definition) is 0. The molecule has 114 valence electrons. The first-order chi connectivity index (χ1) is 11.3. The highest BCUT2D eigenvalue weighted by molar-refractivity contribution is 6.31. The Kier molecular flexibility index (Phi) is 3.47. The highest BCUT2D eigenvalue weighted by Gasteiger charge is 2.27. The van der Waals surface area contributed by atoms with E-state index in [9.17, 15) is 0 Å². The molecule has 0 spiro atoms. The van der Waals surface area contributed by atoms with Gasteiger partial charge in [0.1, 0.15) is 17.6 Å². The fraction of sp³-hybridized carbons (Fsp3) is 0.100. The zero-order valence-corrected chi connectivity index (χ0v) is 13.4. The summed E-state index contributed by atoms with van der Waals surface area (Å²) in [5, 5.41) is 0.730. The minimum absolute atomic E-state index is 0.150. The van der Waals surface area contributed by atoms with E-state index in [1.165, 1.54) is 0 Å². The van der Waals surface area contributed by atoms with E-state index in [2.05, 4.69) is 6.07 Å². The minimum Gasteiger partial charge on any atom is -0.497 e. The Balaban J connectivity index is 1.87. The normalized spacial score (nSPS) is 15.3. The first kappa shape index (κ1) is 14.2. The summed E-state index contributed by atoms with van der Waals surface area (Å²) in [6.45, 7) is 0. The van der Waals surface area contributed by atoms with Crippen LogP contribution in [0.4, 0.5) is 0 Å². The zero-order chi connectivity index (χ0) is 15.8. The predicted molar refractivity (Wildman–Crippen MR) is 92.4 cm³/mol. The molecule has 1 unspecified atom stereocenters. The number of fused-ring (bicyclic) bond motifs is 3. The smallest absolute Gasteiger partial charge is 0.149 e. The topological polar surface area (TPSA) is 18.5 Å². The van der Waals surface area contributed by atoms with Crippen molar-refractivity contribution in [3.63, 3.8) is 0 Å². The Morgan fingerprint density at radius 2 is 1.70 bits per heavy atom. The Morgan fingerprint density at radius 3 is 2.48 bits per heavy atom. The molecule has 0 fully saturated rings. The number of para-hydroxylation sites is 1. The van der Waals surface area contributed by atoms with Crippen LogP contribution >= 0.6 is 11.6 Å². The van der Waals surface area contributed by atoms with Crippen molar-refractivity contribution in [3.8, 4) is 22.6 Å². The van der Waals surface area contributed by atoms with Crippen LogP contribution in [0.15, 0.2) is 66.7 Å². The second-order valence-electron chi connectivity index (χ2n) is 5.50. The third kappa shape index (κ3) is 2.45. The monoisotopic (exact) mass is 322 g/mol. The van der Waals surface area contributed by atoms with E-state index >= 15 is 0 Å². The van der Waals surface area contributed by atoms with Crippen molar-refractivity contribution in [2.24, 2.45) is 0 Å². The van der Waals surface area contributed by atoms with Gasteiger partial charge in [-0.05, 0) is 41.5 Å². The lowest BCUT2D eigenvalue weighted by atomic mass is 9.90. The summed E-state index contributed by atoms with van der Waals surface area (Å²) in [5.41, 5.74) is 4.41. The molecule has 0 radical (unpaired) electrons. The van der Waals surface area contributed by atoms with Crippen LogP contribution in [0.3, 0.4) is 0 Å². The molecule has 2 nitrogen and oxygen atoms in total. The van der Waals surface area contributed by atoms with E-state index in [0.717, 1.165) is 38.8 Å². The average molecular weight is 323 g/mol. The molecule has 1 aliphatic rings. The quantitative estimate of drug-likeness (QED) is 0.620.